The van der Waals surface area contributed by atoms with Gasteiger partial charge in [0.05, 0.1) is 11.8 Å². The van der Waals surface area contributed by atoms with Gasteiger partial charge in [0.25, 0.3) is 0 Å². The van der Waals surface area contributed by atoms with Gasteiger partial charge in [-0.3, -0.25) is 14.5 Å². The molecule has 3 unspecified atom stereocenters. The van der Waals surface area contributed by atoms with Crippen molar-refractivity contribution in [2.75, 3.05) is 20.1 Å². The molecule has 0 saturated carbocycles. The largest absolute Gasteiger partial charge is 0.481 e. The Hall–Kier alpha value is -1.10. The average Bonchev–Trinajstić information content (AvgIpc) is 2.36. The van der Waals surface area contributed by atoms with Crippen LogP contribution in [0.3, 0.4) is 0 Å². The van der Waals surface area contributed by atoms with Crippen molar-refractivity contribution in [1.82, 2.24) is 10.2 Å². The maximum absolute atomic E-state index is 11.6. The van der Waals surface area contributed by atoms with Crippen LogP contribution in [0, 0.1) is 11.8 Å². The zero-order valence-electron chi connectivity index (χ0n) is 10.8. The van der Waals surface area contributed by atoms with Crippen LogP contribution in [0.15, 0.2) is 0 Å². The van der Waals surface area contributed by atoms with Crippen LogP contribution >= 0.6 is 0 Å². The molecule has 98 valence electrons. The molecule has 5 nitrogen and oxygen atoms in total. The van der Waals surface area contributed by atoms with Gasteiger partial charge in [-0.25, -0.2) is 0 Å². The lowest BCUT2D eigenvalue weighted by molar-refractivity contribution is -0.143. The normalized spacial score (nSPS) is 25.0. The number of hydrogen-bond acceptors (Lipinski definition) is 3. The van der Waals surface area contributed by atoms with E-state index < -0.39 is 11.9 Å². The number of rotatable bonds is 4. The van der Waals surface area contributed by atoms with E-state index in [2.05, 4.69) is 10.2 Å². The van der Waals surface area contributed by atoms with E-state index in [1.807, 2.05) is 6.92 Å². The Bertz CT molecular complexity index is 293. The Balaban J connectivity index is 2.60. The zero-order valence-corrected chi connectivity index (χ0v) is 10.8. The molecule has 1 amide bonds. The molecule has 1 fully saturated rings. The van der Waals surface area contributed by atoms with Crippen molar-refractivity contribution in [3.8, 4) is 0 Å². The van der Waals surface area contributed by atoms with Crippen LogP contribution < -0.4 is 5.32 Å². The summed E-state index contributed by atoms with van der Waals surface area (Å²) in [7, 11) is 1.64. The number of carbonyl (C=O) groups excluding carboxylic acids is 1. The fraction of sp³-hybridized carbons (Fsp3) is 0.833. The number of amides is 1. The first kappa shape index (κ1) is 14.0. The lowest BCUT2D eigenvalue weighted by Gasteiger charge is -2.37. The topological polar surface area (TPSA) is 69.6 Å². The SMILES string of the molecule is CNC(=O)C1CCCN(C(C)C(C)C(=O)O)C1. The number of likely N-dealkylation sites (tertiary alicyclic amines) is 1. The van der Waals surface area contributed by atoms with Crippen LogP contribution in [0.4, 0.5) is 0 Å². The Morgan fingerprint density at radius 1 is 1.41 bits per heavy atom. The van der Waals surface area contributed by atoms with Crippen LogP contribution in [-0.2, 0) is 9.59 Å². The summed E-state index contributed by atoms with van der Waals surface area (Å²) in [6.07, 6.45) is 1.85. The van der Waals surface area contributed by atoms with Crippen molar-refractivity contribution in [2.45, 2.75) is 32.7 Å². The summed E-state index contributed by atoms with van der Waals surface area (Å²) in [6, 6.07) is -0.0278. The predicted octanol–water partition coefficient (Wildman–Crippen LogP) is 0.554. The molecule has 1 heterocycles. The van der Waals surface area contributed by atoms with Gasteiger partial charge in [-0.15, -0.1) is 0 Å². The smallest absolute Gasteiger partial charge is 0.307 e. The molecule has 5 heteroatoms. The summed E-state index contributed by atoms with van der Waals surface area (Å²) in [6.45, 7) is 5.19. The highest BCUT2D eigenvalue weighted by molar-refractivity contribution is 5.78. The number of hydrogen-bond donors (Lipinski definition) is 2. The second-order valence-electron chi connectivity index (χ2n) is 4.82. The van der Waals surface area contributed by atoms with Crippen LogP contribution in [-0.4, -0.2) is 48.1 Å². The number of nitrogens with zero attached hydrogens (tertiary/aromatic N) is 1. The molecule has 2 N–H and O–H groups in total. The number of piperidine rings is 1. The minimum absolute atomic E-state index is 0.00260. The van der Waals surface area contributed by atoms with Gasteiger partial charge in [0.1, 0.15) is 0 Å². The first-order valence-corrected chi connectivity index (χ1v) is 6.15. The van der Waals surface area contributed by atoms with Crippen LogP contribution in [0.25, 0.3) is 0 Å². The van der Waals surface area contributed by atoms with Crippen molar-refractivity contribution in [3.63, 3.8) is 0 Å². The van der Waals surface area contributed by atoms with Gasteiger partial charge < -0.3 is 10.4 Å². The van der Waals surface area contributed by atoms with Gasteiger partial charge in [-0.2, -0.15) is 0 Å². The highest BCUT2D eigenvalue weighted by Gasteiger charge is 2.31. The fourth-order valence-electron chi connectivity index (χ4n) is 2.32. The fourth-order valence-corrected chi connectivity index (χ4v) is 2.32. The molecule has 0 aromatic rings. The molecule has 0 spiro atoms. The Labute approximate surface area is 102 Å². The molecule has 0 bridgehead atoms. The number of aliphatic carboxylic acids is 1. The zero-order chi connectivity index (χ0) is 13.0. The Morgan fingerprint density at radius 3 is 2.59 bits per heavy atom. The van der Waals surface area contributed by atoms with Crippen LogP contribution in [0.2, 0.25) is 0 Å². The van der Waals surface area contributed by atoms with E-state index in [1.165, 1.54) is 0 Å². The second kappa shape index (κ2) is 6.00. The molecule has 1 aliphatic rings. The van der Waals surface area contributed by atoms with Gasteiger partial charge >= 0.3 is 5.97 Å². The van der Waals surface area contributed by atoms with Crippen molar-refractivity contribution in [3.05, 3.63) is 0 Å². The standard InChI is InChI=1S/C12H22N2O3/c1-8(12(16)17)9(2)14-6-4-5-10(7-14)11(15)13-3/h8-10H,4-7H2,1-3H3,(H,13,15)(H,16,17). The minimum atomic E-state index is -0.778. The minimum Gasteiger partial charge on any atom is -0.481 e. The van der Waals surface area contributed by atoms with E-state index in [4.69, 9.17) is 5.11 Å². The molecular weight excluding hydrogens is 220 g/mol. The Morgan fingerprint density at radius 2 is 2.06 bits per heavy atom. The highest BCUT2D eigenvalue weighted by Crippen LogP contribution is 2.21. The van der Waals surface area contributed by atoms with E-state index in [0.29, 0.717) is 6.54 Å². The van der Waals surface area contributed by atoms with Crippen molar-refractivity contribution in [1.29, 1.82) is 0 Å². The van der Waals surface area contributed by atoms with Crippen molar-refractivity contribution < 1.29 is 14.7 Å². The van der Waals surface area contributed by atoms with Crippen LogP contribution in [0.1, 0.15) is 26.7 Å². The predicted molar refractivity (Wildman–Crippen MR) is 64.6 cm³/mol. The first-order chi connectivity index (χ1) is 7.97. The van der Waals surface area contributed by atoms with Gasteiger partial charge in [0, 0.05) is 19.6 Å². The molecule has 1 aliphatic heterocycles. The first-order valence-electron chi connectivity index (χ1n) is 6.15. The number of nitrogens with one attached hydrogen (secondary N) is 1. The van der Waals surface area contributed by atoms with E-state index >= 15 is 0 Å². The molecule has 0 aliphatic carbocycles. The third-order valence-corrected chi connectivity index (χ3v) is 3.76. The lowest BCUT2D eigenvalue weighted by Crippen LogP contribution is -2.48. The number of carbonyl (C=O) groups is 2. The molecule has 17 heavy (non-hydrogen) atoms. The van der Waals surface area contributed by atoms with Gasteiger partial charge in [0.2, 0.25) is 5.91 Å². The molecule has 0 aromatic carbocycles. The molecule has 1 saturated heterocycles. The third kappa shape index (κ3) is 3.43. The van der Waals surface area contributed by atoms with E-state index in [0.717, 1.165) is 19.4 Å². The van der Waals surface area contributed by atoms with Crippen molar-refractivity contribution in [2.24, 2.45) is 11.8 Å². The summed E-state index contributed by atoms with van der Waals surface area (Å²) in [5.41, 5.74) is 0. The van der Waals surface area contributed by atoms with Gasteiger partial charge in [-0.1, -0.05) is 6.92 Å². The number of carboxylic acids is 1. The molecular formula is C12H22N2O3. The van der Waals surface area contributed by atoms with Gasteiger partial charge in [0.15, 0.2) is 0 Å². The summed E-state index contributed by atoms with van der Waals surface area (Å²) in [5.74, 6) is -1.12. The monoisotopic (exact) mass is 242 g/mol. The molecule has 0 radical (unpaired) electrons. The molecule has 0 aromatic heterocycles. The van der Waals surface area contributed by atoms with Crippen molar-refractivity contribution >= 4 is 11.9 Å². The number of carboxylic acid groups (broad SMARTS) is 1. The van der Waals surface area contributed by atoms with E-state index in [-0.39, 0.29) is 17.9 Å². The Kier molecular flexibility index (Phi) is 4.93. The van der Waals surface area contributed by atoms with E-state index in [9.17, 15) is 9.59 Å². The quantitative estimate of drug-likeness (QED) is 0.755. The lowest BCUT2D eigenvalue weighted by atomic mass is 9.93. The summed E-state index contributed by atoms with van der Waals surface area (Å²) < 4.78 is 0. The summed E-state index contributed by atoms with van der Waals surface area (Å²) in [4.78, 5) is 24.6. The van der Waals surface area contributed by atoms with Gasteiger partial charge in [-0.05, 0) is 26.3 Å². The van der Waals surface area contributed by atoms with Crippen LogP contribution in [0.5, 0.6) is 0 Å². The second-order valence-corrected chi connectivity index (χ2v) is 4.82. The molecule has 3 atom stereocenters. The summed E-state index contributed by atoms with van der Waals surface area (Å²) >= 11 is 0. The third-order valence-electron chi connectivity index (χ3n) is 3.76. The maximum atomic E-state index is 11.6. The maximum Gasteiger partial charge on any atom is 0.307 e. The van der Waals surface area contributed by atoms with E-state index in [1.54, 1.807) is 14.0 Å². The summed E-state index contributed by atoms with van der Waals surface area (Å²) in [5, 5.41) is 11.7. The highest BCUT2D eigenvalue weighted by atomic mass is 16.4. The molecule has 1 rings (SSSR count). The average molecular weight is 242 g/mol.